The number of Topliss-reactive ketones (excluding diaryl/α,β-unsaturated/α-hetero) is 1. The van der Waals surface area contributed by atoms with Crippen LogP contribution in [0.3, 0.4) is 0 Å². The molecule has 0 N–H and O–H groups in total. The minimum Gasteiger partial charge on any atom is -0.341 e. The third-order valence-electron chi connectivity index (χ3n) is 2.85. The average molecular weight is 253 g/mol. The zero-order valence-corrected chi connectivity index (χ0v) is 10.7. The zero-order chi connectivity index (χ0) is 13.7. The van der Waals surface area contributed by atoms with Crippen LogP contribution in [-0.2, 0) is 6.54 Å². The smallest absolute Gasteiger partial charge is 0.176 e. The Labute approximate surface area is 112 Å². The quantitative estimate of drug-likeness (QED) is 0.606. The molecular weight excluding hydrogens is 238 g/mol. The Bertz CT molecular complexity index is 623. The molecule has 0 aliphatic heterocycles. The summed E-state index contributed by atoms with van der Waals surface area (Å²) >= 11 is 0. The fraction of sp³-hybridized carbons (Fsp3) is 0.125. The molecule has 2 aromatic rings. The number of hydrogen-bond donors (Lipinski definition) is 0. The number of benzene rings is 1. The summed E-state index contributed by atoms with van der Waals surface area (Å²) in [5.41, 5.74) is 2.33. The first-order valence-corrected chi connectivity index (χ1v) is 6.08. The molecule has 96 valence electrons. The van der Waals surface area contributed by atoms with Gasteiger partial charge in [-0.25, -0.2) is 0 Å². The standard InChI is InChI=1S/C16H15NO2/c1-13(19)16-8-4-10-17(16)9-3-7-14-5-2-6-15(11-14)12-18/h2-8,10-12H,9H2,1H3/b7-3+. The summed E-state index contributed by atoms with van der Waals surface area (Å²) in [6.07, 6.45) is 6.62. The fourth-order valence-corrected chi connectivity index (χ4v) is 1.93. The van der Waals surface area contributed by atoms with E-state index in [0.29, 0.717) is 17.8 Å². The van der Waals surface area contributed by atoms with Crippen molar-refractivity contribution in [1.29, 1.82) is 0 Å². The van der Waals surface area contributed by atoms with E-state index in [2.05, 4.69) is 0 Å². The van der Waals surface area contributed by atoms with E-state index in [0.717, 1.165) is 11.8 Å². The second kappa shape index (κ2) is 5.96. The Balaban J connectivity index is 2.09. The third-order valence-corrected chi connectivity index (χ3v) is 2.85. The molecule has 0 radical (unpaired) electrons. The van der Waals surface area contributed by atoms with Crippen LogP contribution >= 0.6 is 0 Å². The monoisotopic (exact) mass is 253 g/mol. The number of nitrogens with zero attached hydrogens (tertiary/aromatic N) is 1. The molecule has 0 fully saturated rings. The molecule has 0 saturated heterocycles. The number of hydrogen-bond acceptors (Lipinski definition) is 2. The van der Waals surface area contributed by atoms with Crippen LogP contribution in [0.2, 0.25) is 0 Å². The molecule has 1 aromatic carbocycles. The van der Waals surface area contributed by atoms with Crippen molar-refractivity contribution in [3.05, 3.63) is 65.5 Å². The van der Waals surface area contributed by atoms with Crippen LogP contribution in [0.4, 0.5) is 0 Å². The molecule has 0 bridgehead atoms. The van der Waals surface area contributed by atoms with Crippen LogP contribution in [0, 0.1) is 0 Å². The maximum absolute atomic E-state index is 11.4. The molecule has 0 aliphatic carbocycles. The molecule has 0 atom stereocenters. The van der Waals surface area contributed by atoms with Crippen molar-refractivity contribution in [3.63, 3.8) is 0 Å². The molecule has 3 heteroatoms. The van der Waals surface area contributed by atoms with E-state index in [1.807, 2.05) is 53.2 Å². The van der Waals surface area contributed by atoms with Crippen molar-refractivity contribution in [3.8, 4) is 0 Å². The lowest BCUT2D eigenvalue weighted by atomic mass is 10.1. The highest BCUT2D eigenvalue weighted by Crippen LogP contribution is 2.07. The highest BCUT2D eigenvalue weighted by atomic mass is 16.1. The van der Waals surface area contributed by atoms with Crippen molar-refractivity contribution in [2.75, 3.05) is 0 Å². The van der Waals surface area contributed by atoms with Crippen molar-refractivity contribution >= 4 is 18.1 Å². The molecule has 1 aromatic heterocycles. The second-order valence-corrected chi connectivity index (χ2v) is 4.29. The predicted molar refractivity (Wildman–Crippen MR) is 75.3 cm³/mol. The van der Waals surface area contributed by atoms with Gasteiger partial charge in [0, 0.05) is 25.2 Å². The van der Waals surface area contributed by atoms with Crippen LogP contribution in [0.15, 0.2) is 48.7 Å². The average Bonchev–Trinajstić information content (AvgIpc) is 2.87. The molecule has 0 unspecified atom stereocenters. The van der Waals surface area contributed by atoms with Gasteiger partial charge in [-0.15, -0.1) is 0 Å². The van der Waals surface area contributed by atoms with Gasteiger partial charge in [0.1, 0.15) is 6.29 Å². The maximum atomic E-state index is 11.4. The highest BCUT2D eigenvalue weighted by Gasteiger charge is 2.03. The van der Waals surface area contributed by atoms with Crippen LogP contribution in [0.25, 0.3) is 6.08 Å². The number of carbonyl (C=O) groups is 2. The molecule has 0 saturated carbocycles. The van der Waals surface area contributed by atoms with Gasteiger partial charge in [-0.05, 0) is 23.8 Å². The molecule has 2 rings (SSSR count). The number of aldehydes is 1. The van der Waals surface area contributed by atoms with E-state index >= 15 is 0 Å². The number of ketones is 1. The molecule has 0 spiro atoms. The Morgan fingerprint density at radius 1 is 1.21 bits per heavy atom. The lowest BCUT2D eigenvalue weighted by molar-refractivity contribution is 0.100. The van der Waals surface area contributed by atoms with Gasteiger partial charge in [0.25, 0.3) is 0 Å². The summed E-state index contributed by atoms with van der Waals surface area (Å²) < 4.78 is 1.89. The SMILES string of the molecule is CC(=O)c1cccn1C/C=C/c1cccc(C=O)c1. The van der Waals surface area contributed by atoms with Crippen molar-refractivity contribution in [1.82, 2.24) is 4.57 Å². The van der Waals surface area contributed by atoms with E-state index < -0.39 is 0 Å². The molecule has 3 nitrogen and oxygen atoms in total. The highest BCUT2D eigenvalue weighted by molar-refractivity contribution is 5.92. The summed E-state index contributed by atoms with van der Waals surface area (Å²) in [6.45, 7) is 2.19. The minimum atomic E-state index is 0.0568. The first kappa shape index (κ1) is 13.0. The summed E-state index contributed by atoms with van der Waals surface area (Å²) in [7, 11) is 0. The Kier molecular flexibility index (Phi) is 4.08. The molecule has 0 amide bonds. The maximum Gasteiger partial charge on any atom is 0.176 e. The van der Waals surface area contributed by atoms with Gasteiger partial charge in [-0.3, -0.25) is 9.59 Å². The Morgan fingerprint density at radius 3 is 2.74 bits per heavy atom. The normalized spacial score (nSPS) is 10.8. The van der Waals surface area contributed by atoms with Crippen LogP contribution in [0.1, 0.15) is 33.3 Å². The molecule has 19 heavy (non-hydrogen) atoms. The van der Waals surface area contributed by atoms with Crippen LogP contribution < -0.4 is 0 Å². The van der Waals surface area contributed by atoms with E-state index in [-0.39, 0.29) is 5.78 Å². The summed E-state index contributed by atoms with van der Waals surface area (Å²) in [4.78, 5) is 22.0. The summed E-state index contributed by atoms with van der Waals surface area (Å²) in [5, 5.41) is 0. The number of aromatic nitrogens is 1. The molecule has 1 heterocycles. The third kappa shape index (κ3) is 3.28. The summed E-state index contributed by atoms with van der Waals surface area (Å²) in [6, 6.07) is 11.0. The number of carbonyl (C=O) groups excluding carboxylic acids is 2. The van der Waals surface area contributed by atoms with Gasteiger partial charge in [0.05, 0.1) is 5.69 Å². The number of allylic oxidation sites excluding steroid dienone is 1. The lowest BCUT2D eigenvalue weighted by Crippen LogP contribution is -2.03. The topological polar surface area (TPSA) is 39.1 Å². The minimum absolute atomic E-state index is 0.0568. The van der Waals surface area contributed by atoms with E-state index in [1.165, 1.54) is 0 Å². The second-order valence-electron chi connectivity index (χ2n) is 4.29. The van der Waals surface area contributed by atoms with Gasteiger partial charge in [-0.2, -0.15) is 0 Å². The molecular formula is C16H15NO2. The Hall–Kier alpha value is -2.42. The van der Waals surface area contributed by atoms with Gasteiger partial charge < -0.3 is 4.57 Å². The number of rotatable bonds is 5. The Morgan fingerprint density at radius 2 is 2.00 bits per heavy atom. The van der Waals surface area contributed by atoms with Gasteiger partial charge >= 0.3 is 0 Å². The lowest BCUT2D eigenvalue weighted by Gasteiger charge is -2.02. The van der Waals surface area contributed by atoms with Gasteiger partial charge in [0.2, 0.25) is 0 Å². The van der Waals surface area contributed by atoms with Gasteiger partial charge in [0.15, 0.2) is 5.78 Å². The molecule has 0 aliphatic rings. The van der Waals surface area contributed by atoms with Crippen LogP contribution in [0.5, 0.6) is 0 Å². The first-order chi connectivity index (χ1) is 9.20. The summed E-state index contributed by atoms with van der Waals surface area (Å²) in [5.74, 6) is 0.0568. The van der Waals surface area contributed by atoms with E-state index in [1.54, 1.807) is 13.0 Å². The fourth-order valence-electron chi connectivity index (χ4n) is 1.93. The van der Waals surface area contributed by atoms with E-state index in [4.69, 9.17) is 0 Å². The zero-order valence-electron chi connectivity index (χ0n) is 10.7. The van der Waals surface area contributed by atoms with E-state index in [9.17, 15) is 9.59 Å². The largest absolute Gasteiger partial charge is 0.341 e. The first-order valence-electron chi connectivity index (χ1n) is 6.08. The van der Waals surface area contributed by atoms with Crippen molar-refractivity contribution < 1.29 is 9.59 Å². The predicted octanol–water partition coefficient (Wildman–Crippen LogP) is 3.22. The van der Waals surface area contributed by atoms with Crippen LogP contribution in [-0.4, -0.2) is 16.6 Å². The van der Waals surface area contributed by atoms with Gasteiger partial charge in [-0.1, -0.05) is 30.4 Å². The van der Waals surface area contributed by atoms with Crippen molar-refractivity contribution in [2.24, 2.45) is 0 Å². The van der Waals surface area contributed by atoms with Crippen molar-refractivity contribution in [2.45, 2.75) is 13.5 Å².